The van der Waals surface area contributed by atoms with E-state index in [4.69, 9.17) is 0 Å². The van der Waals surface area contributed by atoms with E-state index in [1.54, 1.807) is 4.90 Å². The minimum atomic E-state index is 0.239. The van der Waals surface area contributed by atoms with Gasteiger partial charge >= 0.3 is 0 Å². The van der Waals surface area contributed by atoms with Crippen LogP contribution in [-0.4, -0.2) is 25.0 Å². The van der Waals surface area contributed by atoms with E-state index in [9.17, 15) is 4.79 Å². The monoisotopic (exact) mass is 329 g/mol. The van der Waals surface area contributed by atoms with Gasteiger partial charge in [-0.2, -0.15) is 0 Å². The van der Waals surface area contributed by atoms with Crippen LogP contribution in [0, 0.1) is 0 Å². The minimum Gasteiger partial charge on any atom is -0.330 e. The Bertz CT molecular complexity index is 604. The average molecular weight is 329 g/mol. The van der Waals surface area contributed by atoms with Crippen LogP contribution >= 0.6 is 11.3 Å². The number of rotatable bonds is 5. The van der Waals surface area contributed by atoms with Crippen molar-refractivity contribution in [2.24, 2.45) is 0 Å². The van der Waals surface area contributed by atoms with Gasteiger partial charge in [-0.15, -0.1) is 11.3 Å². The minimum absolute atomic E-state index is 0.239. The summed E-state index contributed by atoms with van der Waals surface area (Å²) >= 11 is 1.84. The maximum absolute atomic E-state index is 12.5. The zero-order chi connectivity index (χ0) is 16.1. The molecule has 3 rings (SSSR count). The van der Waals surface area contributed by atoms with Crippen molar-refractivity contribution < 1.29 is 9.69 Å². The number of nitrogens with one attached hydrogen (secondary N) is 1. The number of hydrogen-bond donors (Lipinski definition) is 1. The zero-order valence-electron chi connectivity index (χ0n) is 13.7. The molecule has 122 valence electrons. The van der Waals surface area contributed by atoms with E-state index in [1.165, 1.54) is 4.88 Å². The number of anilines is 1. The molecule has 1 fully saturated rings. The third-order valence-corrected chi connectivity index (χ3v) is 5.51. The number of para-hydroxylation sites is 1. The van der Waals surface area contributed by atoms with Crippen LogP contribution in [0.3, 0.4) is 0 Å². The number of nitrogens with zero attached hydrogens (tertiary/aromatic N) is 1. The second-order valence-electron chi connectivity index (χ2n) is 6.19. The molecule has 1 aliphatic rings. The van der Waals surface area contributed by atoms with E-state index in [-0.39, 0.29) is 5.91 Å². The number of piperidine rings is 1. The van der Waals surface area contributed by atoms with Crippen LogP contribution in [0.1, 0.15) is 31.1 Å². The first kappa shape index (κ1) is 16.2. The summed E-state index contributed by atoms with van der Waals surface area (Å²) in [6.45, 7) is 5.36. The zero-order valence-corrected chi connectivity index (χ0v) is 14.5. The topological polar surface area (TPSA) is 24.8 Å². The molecule has 1 aliphatic heterocycles. The number of likely N-dealkylation sites (tertiary alicyclic amines) is 1. The van der Waals surface area contributed by atoms with Crippen molar-refractivity contribution >= 4 is 22.9 Å². The Hall–Kier alpha value is -1.65. The lowest BCUT2D eigenvalue weighted by atomic mass is 10.0. The first-order valence-corrected chi connectivity index (χ1v) is 9.39. The quantitative estimate of drug-likeness (QED) is 0.896. The van der Waals surface area contributed by atoms with E-state index in [0.29, 0.717) is 12.5 Å². The molecular formula is C19H25N2OS+. The molecule has 2 heterocycles. The molecule has 1 aromatic carbocycles. The van der Waals surface area contributed by atoms with Gasteiger partial charge < -0.3 is 9.80 Å². The third-order valence-electron chi connectivity index (χ3n) is 4.64. The van der Waals surface area contributed by atoms with Crippen LogP contribution in [-0.2, 0) is 11.3 Å². The van der Waals surface area contributed by atoms with Crippen LogP contribution in [0.2, 0.25) is 0 Å². The molecule has 1 aromatic heterocycles. The van der Waals surface area contributed by atoms with Gasteiger partial charge in [0, 0.05) is 31.0 Å². The normalized spacial score (nSPS) is 21.1. The number of hydrogen-bond acceptors (Lipinski definition) is 2. The fraction of sp³-hybridized carbons (Fsp3) is 0.421. The van der Waals surface area contributed by atoms with Gasteiger partial charge in [0.15, 0.2) is 0 Å². The van der Waals surface area contributed by atoms with Crippen molar-refractivity contribution in [2.75, 3.05) is 18.0 Å². The number of carbonyl (C=O) groups excluding carboxylic acids is 1. The van der Waals surface area contributed by atoms with Gasteiger partial charge in [0.2, 0.25) is 5.91 Å². The lowest BCUT2D eigenvalue weighted by Crippen LogP contribution is -3.12. The van der Waals surface area contributed by atoms with Crippen molar-refractivity contribution in [1.29, 1.82) is 0 Å². The van der Waals surface area contributed by atoms with E-state index < -0.39 is 0 Å². The van der Waals surface area contributed by atoms with Gasteiger partial charge in [-0.25, -0.2) is 0 Å². The third kappa shape index (κ3) is 4.01. The van der Waals surface area contributed by atoms with E-state index in [1.807, 2.05) is 41.4 Å². The van der Waals surface area contributed by atoms with Crippen LogP contribution in [0.4, 0.5) is 5.69 Å². The molecule has 1 amide bonds. The molecule has 23 heavy (non-hydrogen) atoms. The highest BCUT2D eigenvalue weighted by atomic mass is 32.1. The fourth-order valence-corrected chi connectivity index (χ4v) is 4.20. The van der Waals surface area contributed by atoms with Gasteiger partial charge in [-0.05, 0) is 23.6 Å². The van der Waals surface area contributed by atoms with E-state index in [2.05, 4.69) is 29.6 Å². The molecule has 0 radical (unpaired) electrons. The highest BCUT2D eigenvalue weighted by molar-refractivity contribution is 7.09. The Kier molecular flexibility index (Phi) is 5.47. The molecule has 0 aliphatic carbocycles. The van der Waals surface area contributed by atoms with Crippen LogP contribution in [0.5, 0.6) is 0 Å². The molecule has 1 saturated heterocycles. The van der Waals surface area contributed by atoms with E-state index >= 15 is 0 Å². The van der Waals surface area contributed by atoms with Gasteiger partial charge in [0.1, 0.15) is 6.54 Å². The maximum atomic E-state index is 12.5. The highest BCUT2D eigenvalue weighted by Crippen LogP contribution is 2.22. The van der Waals surface area contributed by atoms with Gasteiger partial charge in [-0.3, -0.25) is 4.79 Å². The number of benzene rings is 1. The van der Waals surface area contributed by atoms with Gasteiger partial charge in [0.05, 0.1) is 18.0 Å². The first-order valence-electron chi connectivity index (χ1n) is 8.51. The molecule has 0 atom stereocenters. The summed E-state index contributed by atoms with van der Waals surface area (Å²) < 4.78 is 0. The summed E-state index contributed by atoms with van der Waals surface area (Å²) in [7, 11) is 0. The Balaban J connectivity index is 1.65. The second kappa shape index (κ2) is 7.75. The largest absolute Gasteiger partial charge is 0.330 e. The molecule has 1 N–H and O–H groups in total. The summed E-state index contributed by atoms with van der Waals surface area (Å²) in [5.74, 6) is 0.239. The Morgan fingerprint density at radius 3 is 2.52 bits per heavy atom. The lowest BCUT2D eigenvalue weighted by Gasteiger charge is -2.36. The lowest BCUT2D eigenvalue weighted by molar-refractivity contribution is -0.918. The average Bonchev–Trinajstić information content (AvgIpc) is 3.10. The summed E-state index contributed by atoms with van der Waals surface area (Å²) in [4.78, 5) is 17.6. The van der Waals surface area contributed by atoms with Crippen LogP contribution in [0.25, 0.3) is 0 Å². The summed E-state index contributed by atoms with van der Waals surface area (Å²) in [6, 6.07) is 14.8. The Morgan fingerprint density at radius 1 is 1.17 bits per heavy atom. The Labute approximate surface area is 142 Å². The van der Waals surface area contributed by atoms with Crippen molar-refractivity contribution in [3.05, 3.63) is 52.7 Å². The molecule has 2 aromatic rings. The Morgan fingerprint density at radius 2 is 1.91 bits per heavy atom. The van der Waals surface area contributed by atoms with Crippen molar-refractivity contribution in [2.45, 2.75) is 38.8 Å². The van der Waals surface area contributed by atoms with Crippen molar-refractivity contribution in [3.63, 3.8) is 0 Å². The first-order chi connectivity index (χ1) is 11.3. The maximum Gasteiger partial charge on any atom is 0.226 e. The van der Waals surface area contributed by atoms with Gasteiger partial charge in [0.25, 0.3) is 0 Å². The number of amides is 1. The SMILES string of the molecule is CCC(=O)N(c1ccccc1)C1CC[NH+](Cc2cccs2)CC1. The standard InChI is InChI=1S/C19H24N2OS/c1-2-19(22)21(16-7-4-3-5-8-16)17-10-12-20(13-11-17)15-18-9-6-14-23-18/h3-9,14,17H,2,10-13,15H2,1H3/p+1. The van der Waals surface area contributed by atoms with Crippen LogP contribution in [0.15, 0.2) is 47.8 Å². The smallest absolute Gasteiger partial charge is 0.226 e. The van der Waals surface area contributed by atoms with Crippen LogP contribution < -0.4 is 9.80 Å². The molecule has 0 bridgehead atoms. The second-order valence-corrected chi connectivity index (χ2v) is 7.22. The molecule has 0 unspecified atom stereocenters. The molecule has 0 spiro atoms. The highest BCUT2D eigenvalue weighted by Gasteiger charge is 2.30. The summed E-state index contributed by atoms with van der Waals surface area (Å²) in [6.07, 6.45) is 2.74. The number of carbonyl (C=O) groups is 1. The molecule has 0 saturated carbocycles. The van der Waals surface area contributed by atoms with E-state index in [0.717, 1.165) is 38.2 Å². The van der Waals surface area contributed by atoms with Crippen molar-refractivity contribution in [1.82, 2.24) is 0 Å². The molecule has 4 heteroatoms. The van der Waals surface area contributed by atoms with Crippen molar-refractivity contribution in [3.8, 4) is 0 Å². The molecular weight excluding hydrogens is 304 g/mol. The number of quaternary nitrogens is 1. The summed E-state index contributed by atoms with van der Waals surface area (Å²) in [5.41, 5.74) is 1.05. The van der Waals surface area contributed by atoms with Gasteiger partial charge in [-0.1, -0.05) is 31.2 Å². The predicted molar refractivity (Wildman–Crippen MR) is 96.0 cm³/mol. The predicted octanol–water partition coefficient (Wildman–Crippen LogP) is 2.74. The fourth-order valence-electron chi connectivity index (χ4n) is 3.42. The molecule has 3 nitrogen and oxygen atoms in total. The number of thiophene rings is 1. The summed E-state index contributed by atoms with van der Waals surface area (Å²) in [5, 5.41) is 2.15.